The van der Waals surface area contributed by atoms with Crippen LogP contribution in [0.2, 0.25) is 0 Å². The summed E-state index contributed by atoms with van der Waals surface area (Å²) in [6, 6.07) is 18.1. The summed E-state index contributed by atoms with van der Waals surface area (Å²) < 4.78 is 1.36. The van der Waals surface area contributed by atoms with Gasteiger partial charge < -0.3 is 5.32 Å². The molecule has 2 aromatic carbocycles. The summed E-state index contributed by atoms with van der Waals surface area (Å²) in [5, 5.41) is 7.19. The largest absolute Gasteiger partial charge is 0.377 e. The van der Waals surface area contributed by atoms with Gasteiger partial charge in [0.25, 0.3) is 0 Å². The van der Waals surface area contributed by atoms with Crippen LogP contribution in [0.1, 0.15) is 17.2 Å². The Morgan fingerprint density at radius 1 is 1.05 bits per heavy atom. The quantitative estimate of drug-likeness (QED) is 0.688. The average molecular weight is 297 g/mol. The molecule has 1 aliphatic heterocycles. The Morgan fingerprint density at radius 2 is 2.00 bits per heavy atom. The van der Waals surface area contributed by atoms with E-state index in [0.717, 1.165) is 11.5 Å². The molecule has 0 saturated carbocycles. The Hall–Kier alpha value is -1.45. The lowest BCUT2D eigenvalue weighted by Gasteiger charge is -2.27. The molecule has 0 amide bonds. The number of rotatable bonds is 2. The van der Waals surface area contributed by atoms with E-state index < -0.39 is 0 Å². The minimum Gasteiger partial charge on any atom is -0.377 e. The van der Waals surface area contributed by atoms with Gasteiger partial charge in [0.15, 0.2) is 0 Å². The van der Waals surface area contributed by atoms with Gasteiger partial charge >= 0.3 is 0 Å². The molecule has 0 fully saturated rings. The number of anilines is 1. The number of fused-ring (bicyclic) bond motifs is 2. The van der Waals surface area contributed by atoms with E-state index >= 15 is 0 Å². The molecule has 0 radical (unpaired) electrons. The lowest BCUT2D eigenvalue weighted by Crippen LogP contribution is -2.18. The lowest BCUT2D eigenvalue weighted by atomic mass is 10.0. The lowest BCUT2D eigenvalue weighted by molar-refractivity contribution is 0.871. The van der Waals surface area contributed by atoms with E-state index in [4.69, 9.17) is 0 Å². The minimum absolute atomic E-state index is 0.418. The minimum atomic E-state index is 0.418. The van der Waals surface area contributed by atoms with Crippen LogP contribution in [0, 0.1) is 0 Å². The first-order valence-electron chi connectivity index (χ1n) is 6.79. The Balaban J connectivity index is 1.66. The first-order chi connectivity index (χ1) is 9.90. The van der Waals surface area contributed by atoms with Gasteiger partial charge in [-0.3, -0.25) is 0 Å². The summed E-state index contributed by atoms with van der Waals surface area (Å²) in [5.74, 6) is 2.27. The third kappa shape index (κ3) is 2.21. The summed E-state index contributed by atoms with van der Waals surface area (Å²) in [6.07, 6.45) is 0. The molecule has 0 aliphatic carbocycles. The molecule has 0 saturated heterocycles. The van der Waals surface area contributed by atoms with E-state index in [9.17, 15) is 0 Å². The van der Waals surface area contributed by atoms with Crippen molar-refractivity contribution in [2.45, 2.75) is 11.8 Å². The van der Waals surface area contributed by atoms with E-state index in [0.29, 0.717) is 6.04 Å². The van der Waals surface area contributed by atoms with E-state index in [1.807, 2.05) is 11.8 Å². The zero-order valence-electron chi connectivity index (χ0n) is 11.0. The number of thioether (sulfide) groups is 1. The van der Waals surface area contributed by atoms with Crippen LogP contribution < -0.4 is 5.32 Å². The van der Waals surface area contributed by atoms with Crippen LogP contribution in [0.25, 0.3) is 10.1 Å². The maximum atomic E-state index is 3.70. The molecule has 1 nitrogen and oxygen atoms in total. The highest BCUT2D eigenvalue weighted by Crippen LogP contribution is 2.34. The first-order valence-corrected chi connectivity index (χ1v) is 8.83. The fourth-order valence-electron chi connectivity index (χ4n) is 2.76. The fourth-order valence-corrected chi connectivity index (χ4v) is 4.63. The Labute approximate surface area is 127 Å². The van der Waals surface area contributed by atoms with Crippen molar-refractivity contribution in [3.8, 4) is 0 Å². The molecule has 1 aliphatic rings. The Bertz CT molecular complexity index is 747. The smallest absolute Gasteiger partial charge is 0.0607 e. The SMILES string of the molecule is c1ccc2c(c1)CSCC2Nc1ccc2sccc2c1. The molecule has 0 bridgehead atoms. The van der Waals surface area contributed by atoms with Gasteiger partial charge in [0, 0.05) is 21.9 Å². The van der Waals surface area contributed by atoms with Crippen molar-refractivity contribution in [2.75, 3.05) is 11.1 Å². The molecule has 3 heteroatoms. The van der Waals surface area contributed by atoms with Gasteiger partial charge in [-0.25, -0.2) is 0 Å². The third-order valence-corrected chi connectivity index (χ3v) is 5.75. The topological polar surface area (TPSA) is 12.0 Å². The van der Waals surface area contributed by atoms with Crippen LogP contribution in [0.15, 0.2) is 53.9 Å². The summed E-state index contributed by atoms with van der Waals surface area (Å²) in [6.45, 7) is 0. The normalized spacial score (nSPS) is 17.9. The highest BCUT2D eigenvalue weighted by molar-refractivity contribution is 7.98. The molecule has 0 spiro atoms. The van der Waals surface area contributed by atoms with Gasteiger partial charge in [-0.15, -0.1) is 11.3 Å². The number of hydrogen-bond acceptors (Lipinski definition) is 3. The molecule has 1 atom stereocenters. The maximum Gasteiger partial charge on any atom is 0.0607 e. The molecule has 1 aromatic heterocycles. The second-order valence-corrected chi connectivity index (χ2v) is 7.06. The van der Waals surface area contributed by atoms with Gasteiger partial charge in [0.1, 0.15) is 0 Å². The van der Waals surface area contributed by atoms with Crippen molar-refractivity contribution in [3.05, 3.63) is 65.0 Å². The van der Waals surface area contributed by atoms with Crippen LogP contribution in [-0.2, 0) is 5.75 Å². The van der Waals surface area contributed by atoms with Crippen LogP contribution in [0.5, 0.6) is 0 Å². The van der Waals surface area contributed by atoms with Gasteiger partial charge in [-0.1, -0.05) is 24.3 Å². The predicted molar refractivity (Wildman–Crippen MR) is 90.8 cm³/mol. The van der Waals surface area contributed by atoms with E-state index in [1.165, 1.54) is 26.9 Å². The van der Waals surface area contributed by atoms with Gasteiger partial charge in [-0.2, -0.15) is 11.8 Å². The second kappa shape index (κ2) is 5.15. The Kier molecular flexibility index (Phi) is 3.17. The molecule has 4 rings (SSSR count). The molecular formula is C17H15NS2. The second-order valence-electron chi connectivity index (χ2n) is 5.08. The van der Waals surface area contributed by atoms with Crippen LogP contribution in [0.3, 0.4) is 0 Å². The molecule has 20 heavy (non-hydrogen) atoms. The standard InChI is InChI=1S/C17H15NS2/c1-2-4-15-13(3-1)10-19-11-16(15)18-14-5-6-17-12(9-14)7-8-20-17/h1-9,16,18H,10-11H2. The van der Waals surface area contributed by atoms with Crippen LogP contribution >= 0.6 is 23.1 Å². The summed E-state index contributed by atoms with van der Waals surface area (Å²) in [5.41, 5.74) is 4.15. The van der Waals surface area contributed by atoms with Crippen molar-refractivity contribution in [1.82, 2.24) is 0 Å². The van der Waals surface area contributed by atoms with Crippen molar-refractivity contribution in [2.24, 2.45) is 0 Å². The monoisotopic (exact) mass is 297 g/mol. The number of thiophene rings is 1. The van der Waals surface area contributed by atoms with Crippen molar-refractivity contribution < 1.29 is 0 Å². The van der Waals surface area contributed by atoms with Crippen LogP contribution in [0.4, 0.5) is 5.69 Å². The molecule has 2 heterocycles. The van der Waals surface area contributed by atoms with Gasteiger partial charge in [-0.05, 0) is 46.2 Å². The molecule has 100 valence electrons. The molecule has 1 N–H and O–H groups in total. The summed E-state index contributed by atoms with van der Waals surface area (Å²) in [7, 11) is 0. The van der Waals surface area contributed by atoms with Crippen molar-refractivity contribution in [1.29, 1.82) is 0 Å². The molecule has 1 unspecified atom stereocenters. The van der Waals surface area contributed by atoms with Gasteiger partial charge in [0.05, 0.1) is 6.04 Å². The fraction of sp³-hybridized carbons (Fsp3) is 0.176. The van der Waals surface area contributed by atoms with Crippen LogP contribution in [-0.4, -0.2) is 5.75 Å². The van der Waals surface area contributed by atoms with Gasteiger partial charge in [0.2, 0.25) is 0 Å². The van der Waals surface area contributed by atoms with E-state index in [1.54, 1.807) is 11.3 Å². The zero-order valence-corrected chi connectivity index (χ0v) is 12.6. The van der Waals surface area contributed by atoms with Crippen molar-refractivity contribution >= 4 is 38.9 Å². The van der Waals surface area contributed by atoms with E-state index in [2.05, 4.69) is 59.2 Å². The highest BCUT2D eigenvalue weighted by Gasteiger charge is 2.19. The Morgan fingerprint density at radius 3 is 3.00 bits per heavy atom. The third-order valence-electron chi connectivity index (χ3n) is 3.77. The molecule has 3 aromatic rings. The average Bonchev–Trinajstić information content (AvgIpc) is 2.95. The number of hydrogen-bond donors (Lipinski definition) is 1. The summed E-state index contributed by atoms with van der Waals surface area (Å²) in [4.78, 5) is 0. The number of nitrogens with one attached hydrogen (secondary N) is 1. The maximum absolute atomic E-state index is 3.70. The van der Waals surface area contributed by atoms with Crippen molar-refractivity contribution in [3.63, 3.8) is 0 Å². The first kappa shape index (κ1) is 12.3. The predicted octanol–water partition coefficient (Wildman–Crippen LogP) is 5.30. The highest BCUT2D eigenvalue weighted by atomic mass is 32.2. The van der Waals surface area contributed by atoms with E-state index in [-0.39, 0.29) is 0 Å². The zero-order chi connectivity index (χ0) is 13.4. The summed E-state index contributed by atoms with van der Waals surface area (Å²) >= 11 is 3.81. The molecular weight excluding hydrogens is 282 g/mol. The number of benzene rings is 2.